The molecule has 3 aromatic carbocycles. The van der Waals surface area contributed by atoms with Gasteiger partial charge in [-0.25, -0.2) is 0 Å². The van der Waals surface area contributed by atoms with E-state index in [4.69, 9.17) is 11.6 Å². The third kappa shape index (κ3) is 4.63. The van der Waals surface area contributed by atoms with Crippen LogP contribution in [0.1, 0.15) is 54.6 Å². The molecule has 1 amide bonds. The van der Waals surface area contributed by atoms with Crippen LogP contribution in [-0.4, -0.2) is 18.0 Å². The number of fused-ring (bicyclic) bond motifs is 1. The highest BCUT2D eigenvalue weighted by Gasteiger charge is 2.28. The van der Waals surface area contributed by atoms with Gasteiger partial charge in [-0.2, -0.15) is 0 Å². The zero-order chi connectivity index (χ0) is 20.2. The molecule has 3 aromatic rings. The lowest BCUT2D eigenvalue weighted by Crippen LogP contribution is -2.52. The summed E-state index contributed by atoms with van der Waals surface area (Å²) in [6.07, 6.45) is 4.40. The number of carbonyl (C=O) groups is 1. The number of benzene rings is 3. The topological polar surface area (TPSA) is 41.1 Å². The zero-order valence-corrected chi connectivity index (χ0v) is 17.5. The standard InChI is InChI=1S/C25H27ClN2O/c1-17(21-10-6-8-18-7-2-3-9-22(18)21)27-23-11-4-5-12-24(23)28-25(29)19-13-15-20(26)16-14-19/h2-3,6-10,13-17,23-24,27H,4-5,11-12H2,1H3,(H,28,29)/t17-,23+,24-/m1/s1. The lowest BCUT2D eigenvalue weighted by Gasteiger charge is -2.35. The number of hydrogen-bond acceptors (Lipinski definition) is 2. The second kappa shape index (κ2) is 8.98. The van der Waals surface area contributed by atoms with Gasteiger partial charge >= 0.3 is 0 Å². The first-order valence-electron chi connectivity index (χ1n) is 10.4. The van der Waals surface area contributed by atoms with Crippen LogP contribution < -0.4 is 10.6 Å². The average molecular weight is 407 g/mol. The summed E-state index contributed by atoms with van der Waals surface area (Å²) in [6, 6.07) is 22.7. The normalized spacial score (nSPS) is 20.3. The molecule has 0 heterocycles. The summed E-state index contributed by atoms with van der Waals surface area (Å²) in [6.45, 7) is 2.22. The number of hydrogen-bond donors (Lipinski definition) is 2. The maximum Gasteiger partial charge on any atom is 0.251 e. The Hall–Kier alpha value is -2.36. The van der Waals surface area contributed by atoms with Gasteiger partial charge in [0.2, 0.25) is 0 Å². The van der Waals surface area contributed by atoms with Crippen molar-refractivity contribution >= 4 is 28.3 Å². The largest absolute Gasteiger partial charge is 0.348 e. The Labute approximate surface area is 177 Å². The van der Waals surface area contributed by atoms with Crippen LogP contribution in [0.15, 0.2) is 66.7 Å². The Balaban J connectivity index is 1.48. The van der Waals surface area contributed by atoms with E-state index in [0.29, 0.717) is 10.6 Å². The van der Waals surface area contributed by atoms with Crippen molar-refractivity contribution < 1.29 is 4.79 Å². The summed E-state index contributed by atoms with van der Waals surface area (Å²) in [7, 11) is 0. The molecule has 2 N–H and O–H groups in total. The predicted molar refractivity (Wildman–Crippen MR) is 120 cm³/mol. The van der Waals surface area contributed by atoms with Crippen molar-refractivity contribution in [2.45, 2.75) is 50.7 Å². The van der Waals surface area contributed by atoms with Gasteiger partial charge in [0.1, 0.15) is 0 Å². The third-order valence-electron chi connectivity index (χ3n) is 5.94. The van der Waals surface area contributed by atoms with E-state index in [-0.39, 0.29) is 24.0 Å². The Morgan fingerprint density at radius 2 is 1.62 bits per heavy atom. The summed E-state index contributed by atoms with van der Waals surface area (Å²) in [4.78, 5) is 12.7. The minimum atomic E-state index is -0.0295. The van der Waals surface area contributed by atoms with Crippen LogP contribution in [-0.2, 0) is 0 Å². The van der Waals surface area contributed by atoms with E-state index in [1.165, 1.54) is 22.8 Å². The smallest absolute Gasteiger partial charge is 0.251 e. The molecule has 3 atom stereocenters. The molecule has 0 saturated heterocycles. The summed E-state index contributed by atoms with van der Waals surface area (Å²) in [5.74, 6) is -0.0295. The molecule has 0 aliphatic heterocycles. The number of amides is 1. The minimum absolute atomic E-state index is 0.0295. The van der Waals surface area contributed by atoms with Crippen LogP contribution in [0, 0.1) is 0 Å². The lowest BCUT2D eigenvalue weighted by molar-refractivity contribution is 0.0913. The van der Waals surface area contributed by atoms with Gasteiger partial charge in [-0.1, -0.05) is 66.9 Å². The third-order valence-corrected chi connectivity index (χ3v) is 6.19. The maximum absolute atomic E-state index is 12.7. The van der Waals surface area contributed by atoms with Crippen molar-refractivity contribution in [1.29, 1.82) is 0 Å². The van der Waals surface area contributed by atoms with Crippen LogP contribution in [0.2, 0.25) is 5.02 Å². The SMILES string of the molecule is C[C@@H](N[C@H]1CCCC[C@H]1NC(=O)c1ccc(Cl)cc1)c1cccc2ccccc12. The average Bonchev–Trinajstić information content (AvgIpc) is 2.75. The molecule has 0 aromatic heterocycles. The first-order valence-corrected chi connectivity index (χ1v) is 10.8. The highest BCUT2D eigenvalue weighted by molar-refractivity contribution is 6.30. The Morgan fingerprint density at radius 3 is 2.41 bits per heavy atom. The molecular weight excluding hydrogens is 380 g/mol. The van der Waals surface area contributed by atoms with E-state index in [2.05, 4.69) is 60.0 Å². The van der Waals surface area contributed by atoms with Gasteiger partial charge in [-0.05, 0) is 60.4 Å². The van der Waals surface area contributed by atoms with Crippen molar-refractivity contribution in [3.63, 3.8) is 0 Å². The second-order valence-electron chi connectivity index (χ2n) is 7.93. The molecule has 0 spiro atoms. The van der Waals surface area contributed by atoms with Crippen LogP contribution in [0.3, 0.4) is 0 Å². The number of halogens is 1. The zero-order valence-electron chi connectivity index (χ0n) is 16.7. The molecule has 0 radical (unpaired) electrons. The van der Waals surface area contributed by atoms with E-state index in [1.807, 2.05) is 0 Å². The summed E-state index contributed by atoms with van der Waals surface area (Å²) in [5, 5.41) is 10.2. The van der Waals surface area contributed by atoms with Gasteiger partial charge in [0.25, 0.3) is 5.91 Å². The Morgan fingerprint density at radius 1 is 0.931 bits per heavy atom. The van der Waals surface area contributed by atoms with Crippen LogP contribution >= 0.6 is 11.6 Å². The number of carbonyl (C=O) groups excluding carboxylic acids is 1. The van der Waals surface area contributed by atoms with Crippen molar-refractivity contribution in [2.75, 3.05) is 0 Å². The first-order chi connectivity index (χ1) is 14.1. The molecule has 150 valence electrons. The van der Waals surface area contributed by atoms with E-state index >= 15 is 0 Å². The highest BCUT2D eigenvalue weighted by atomic mass is 35.5. The van der Waals surface area contributed by atoms with Gasteiger partial charge in [0.05, 0.1) is 0 Å². The molecule has 0 unspecified atom stereocenters. The predicted octanol–water partition coefficient (Wildman–Crippen LogP) is 5.89. The van der Waals surface area contributed by atoms with Crippen molar-refractivity contribution in [3.05, 3.63) is 82.9 Å². The Kier molecular flexibility index (Phi) is 6.17. The quantitative estimate of drug-likeness (QED) is 0.555. The van der Waals surface area contributed by atoms with Gasteiger partial charge < -0.3 is 10.6 Å². The van der Waals surface area contributed by atoms with E-state index in [1.54, 1.807) is 24.3 Å². The molecule has 1 saturated carbocycles. The van der Waals surface area contributed by atoms with Crippen LogP contribution in [0.25, 0.3) is 10.8 Å². The molecule has 0 bridgehead atoms. The number of nitrogens with one attached hydrogen (secondary N) is 2. The van der Waals surface area contributed by atoms with E-state index in [9.17, 15) is 4.79 Å². The molecule has 4 heteroatoms. The molecule has 4 rings (SSSR count). The fourth-order valence-electron chi connectivity index (χ4n) is 4.40. The first kappa shape index (κ1) is 19.9. The van der Waals surface area contributed by atoms with Gasteiger partial charge in [0, 0.05) is 28.7 Å². The lowest BCUT2D eigenvalue weighted by atomic mass is 9.88. The summed E-state index contributed by atoms with van der Waals surface area (Å²) < 4.78 is 0. The monoisotopic (exact) mass is 406 g/mol. The fraction of sp³-hybridized carbons (Fsp3) is 0.320. The van der Waals surface area contributed by atoms with Crippen molar-refractivity contribution in [3.8, 4) is 0 Å². The molecule has 1 aliphatic carbocycles. The van der Waals surface area contributed by atoms with Gasteiger partial charge in [-0.3, -0.25) is 4.79 Å². The molecule has 29 heavy (non-hydrogen) atoms. The van der Waals surface area contributed by atoms with Crippen LogP contribution in [0.5, 0.6) is 0 Å². The van der Waals surface area contributed by atoms with Crippen LogP contribution in [0.4, 0.5) is 0 Å². The van der Waals surface area contributed by atoms with Crippen molar-refractivity contribution in [1.82, 2.24) is 10.6 Å². The van der Waals surface area contributed by atoms with E-state index in [0.717, 1.165) is 19.3 Å². The van der Waals surface area contributed by atoms with Gasteiger partial charge in [0.15, 0.2) is 0 Å². The maximum atomic E-state index is 12.7. The molecule has 1 fully saturated rings. The summed E-state index contributed by atoms with van der Waals surface area (Å²) >= 11 is 5.95. The van der Waals surface area contributed by atoms with E-state index < -0.39 is 0 Å². The molecule has 3 nitrogen and oxygen atoms in total. The highest BCUT2D eigenvalue weighted by Crippen LogP contribution is 2.27. The fourth-order valence-corrected chi connectivity index (χ4v) is 4.52. The second-order valence-corrected chi connectivity index (χ2v) is 8.37. The molecule has 1 aliphatic rings. The minimum Gasteiger partial charge on any atom is -0.348 e. The number of rotatable bonds is 5. The molecular formula is C25H27ClN2O. The van der Waals surface area contributed by atoms with Gasteiger partial charge in [-0.15, -0.1) is 0 Å². The van der Waals surface area contributed by atoms with Crippen molar-refractivity contribution in [2.24, 2.45) is 0 Å². The Bertz CT molecular complexity index is 980. The summed E-state index contributed by atoms with van der Waals surface area (Å²) in [5.41, 5.74) is 1.96.